The minimum Gasteiger partial charge on any atom is -0.481 e. The molecule has 2 aliphatic carbocycles. The van der Waals surface area contributed by atoms with Gasteiger partial charge in [-0.25, -0.2) is 0 Å². The Morgan fingerprint density at radius 2 is 2.19 bits per heavy atom. The zero-order valence-corrected chi connectivity index (χ0v) is 9.48. The van der Waals surface area contributed by atoms with Crippen LogP contribution in [0.4, 0.5) is 0 Å². The number of hydrogen-bond donors (Lipinski definition) is 1. The van der Waals surface area contributed by atoms with E-state index in [0.29, 0.717) is 19.0 Å². The Labute approximate surface area is 95.9 Å². The van der Waals surface area contributed by atoms with Gasteiger partial charge in [0.2, 0.25) is 0 Å². The molecule has 0 spiro atoms. The molecule has 1 N–H and O–H groups in total. The van der Waals surface area contributed by atoms with E-state index in [1.807, 2.05) is 0 Å². The van der Waals surface area contributed by atoms with Gasteiger partial charge in [-0.05, 0) is 31.1 Å². The van der Waals surface area contributed by atoms with Crippen molar-refractivity contribution >= 4 is 5.97 Å². The largest absolute Gasteiger partial charge is 0.481 e. The molecule has 0 bridgehead atoms. The molecule has 2 saturated carbocycles. The Kier molecular flexibility index (Phi) is 3.15. The van der Waals surface area contributed by atoms with E-state index in [9.17, 15) is 4.79 Å². The average molecular weight is 222 g/mol. The first kappa shape index (κ1) is 11.4. The zero-order valence-electron chi connectivity index (χ0n) is 9.48. The summed E-state index contributed by atoms with van der Waals surface area (Å²) in [6.07, 6.45) is 5.51. The van der Waals surface area contributed by atoms with Gasteiger partial charge >= 0.3 is 5.97 Å². The van der Waals surface area contributed by atoms with Gasteiger partial charge in [0.15, 0.2) is 0 Å². The van der Waals surface area contributed by atoms with E-state index >= 15 is 0 Å². The molecule has 2 rings (SSSR count). The van der Waals surface area contributed by atoms with Crippen LogP contribution < -0.4 is 0 Å². The summed E-state index contributed by atoms with van der Waals surface area (Å²) in [6.45, 7) is 1.58. The normalized spacial score (nSPS) is 21.8. The number of nitrogens with zero attached hydrogens (tertiary/aromatic N) is 2. The van der Waals surface area contributed by atoms with Gasteiger partial charge in [-0.3, -0.25) is 9.69 Å². The summed E-state index contributed by atoms with van der Waals surface area (Å²) in [4.78, 5) is 12.9. The molecule has 0 aliphatic heterocycles. The fraction of sp³-hybridized carbons (Fsp3) is 0.833. The third kappa shape index (κ3) is 2.96. The molecule has 0 saturated heterocycles. The van der Waals surface area contributed by atoms with Crippen molar-refractivity contribution in [3.05, 3.63) is 0 Å². The van der Waals surface area contributed by atoms with Crippen LogP contribution in [0, 0.1) is 16.7 Å². The van der Waals surface area contributed by atoms with Gasteiger partial charge < -0.3 is 5.11 Å². The van der Waals surface area contributed by atoms with Crippen LogP contribution in [0.25, 0.3) is 0 Å². The maximum absolute atomic E-state index is 10.6. The number of carboxylic acids is 1. The van der Waals surface area contributed by atoms with Crippen LogP contribution in [0.5, 0.6) is 0 Å². The van der Waals surface area contributed by atoms with Gasteiger partial charge in [0.1, 0.15) is 0 Å². The van der Waals surface area contributed by atoms with Crippen molar-refractivity contribution in [2.75, 3.05) is 13.1 Å². The predicted molar refractivity (Wildman–Crippen MR) is 58.7 cm³/mol. The number of aliphatic carboxylic acids is 1. The topological polar surface area (TPSA) is 64.3 Å². The minimum atomic E-state index is -0.726. The molecule has 0 unspecified atom stereocenters. The Bertz CT molecular complexity index is 313. The Balaban J connectivity index is 1.83. The van der Waals surface area contributed by atoms with Crippen LogP contribution in [0.3, 0.4) is 0 Å². The molecule has 16 heavy (non-hydrogen) atoms. The second-order valence-corrected chi connectivity index (χ2v) is 5.18. The van der Waals surface area contributed by atoms with Gasteiger partial charge in [0, 0.05) is 25.6 Å². The maximum atomic E-state index is 10.6. The molecule has 0 aromatic heterocycles. The van der Waals surface area contributed by atoms with Crippen molar-refractivity contribution in [2.24, 2.45) is 5.41 Å². The highest BCUT2D eigenvalue weighted by atomic mass is 16.4. The van der Waals surface area contributed by atoms with Crippen molar-refractivity contribution in [1.82, 2.24) is 4.90 Å². The molecular weight excluding hydrogens is 204 g/mol. The first-order chi connectivity index (χ1) is 7.65. The molecule has 2 aliphatic rings. The van der Waals surface area contributed by atoms with Gasteiger partial charge in [-0.15, -0.1) is 0 Å². The van der Waals surface area contributed by atoms with Gasteiger partial charge in [-0.2, -0.15) is 5.26 Å². The lowest BCUT2D eigenvalue weighted by Crippen LogP contribution is -2.34. The zero-order chi connectivity index (χ0) is 11.6. The summed E-state index contributed by atoms with van der Waals surface area (Å²) >= 11 is 0. The molecule has 4 nitrogen and oxygen atoms in total. The van der Waals surface area contributed by atoms with E-state index in [-0.39, 0.29) is 11.8 Å². The minimum absolute atomic E-state index is 0.204. The fourth-order valence-corrected chi connectivity index (χ4v) is 2.24. The van der Waals surface area contributed by atoms with Crippen molar-refractivity contribution < 1.29 is 9.90 Å². The Morgan fingerprint density at radius 3 is 2.62 bits per heavy atom. The molecule has 0 heterocycles. The Morgan fingerprint density at radius 1 is 1.50 bits per heavy atom. The second kappa shape index (κ2) is 4.42. The first-order valence-electron chi connectivity index (χ1n) is 5.98. The van der Waals surface area contributed by atoms with Crippen molar-refractivity contribution in [3.63, 3.8) is 0 Å². The van der Waals surface area contributed by atoms with E-state index in [1.165, 1.54) is 12.8 Å². The van der Waals surface area contributed by atoms with Gasteiger partial charge in [0.25, 0.3) is 0 Å². The molecule has 88 valence electrons. The Hall–Kier alpha value is -1.08. The SMILES string of the molecule is N#CCC1(CN(CCC(=O)O)C2CC2)CC1. The van der Waals surface area contributed by atoms with Crippen LogP contribution in [0.1, 0.15) is 38.5 Å². The average Bonchev–Trinajstić information content (AvgIpc) is 3.07. The molecule has 0 amide bonds. The molecule has 0 aromatic rings. The quantitative estimate of drug-likeness (QED) is 0.711. The fourth-order valence-electron chi connectivity index (χ4n) is 2.24. The summed E-state index contributed by atoms with van der Waals surface area (Å²) in [5.41, 5.74) is 0.204. The van der Waals surface area contributed by atoms with E-state index in [0.717, 1.165) is 19.4 Å². The van der Waals surface area contributed by atoms with E-state index < -0.39 is 5.97 Å². The summed E-state index contributed by atoms with van der Waals surface area (Å²) < 4.78 is 0. The molecule has 0 atom stereocenters. The lowest BCUT2D eigenvalue weighted by molar-refractivity contribution is -0.137. The van der Waals surface area contributed by atoms with Crippen molar-refractivity contribution in [3.8, 4) is 6.07 Å². The van der Waals surface area contributed by atoms with Crippen LogP contribution in [0.15, 0.2) is 0 Å². The van der Waals surface area contributed by atoms with Crippen LogP contribution in [0.2, 0.25) is 0 Å². The van der Waals surface area contributed by atoms with E-state index in [2.05, 4.69) is 11.0 Å². The molecular formula is C12H18N2O2. The third-order valence-electron chi connectivity index (χ3n) is 3.63. The maximum Gasteiger partial charge on any atom is 0.304 e. The van der Waals surface area contributed by atoms with Gasteiger partial charge in [0.05, 0.1) is 12.5 Å². The lowest BCUT2D eigenvalue weighted by atomic mass is 10.0. The molecule has 2 fully saturated rings. The number of hydrogen-bond acceptors (Lipinski definition) is 3. The van der Waals surface area contributed by atoms with Crippen molar-refractivity contribution in [1.29, 1.82) is 5.26 Å². The number of carboxylic acid groups (broad SMARTS) is 1. The summed E-state index contributed by atoms with van der Waals surface area (Å²) in [7, 11) is 0. The predicted octanol–water partition coefficient (Wildman–Crippen LogP) is 1.62. The van der Waals surface area contributed by atoms with Crippen LogP contribution in [-0.2, 0) is 4.79 Å². The highest BCUT2D eigenvalue weighted by Crippen LogP contribution is 2.50. The lowest BCUT2D eigenvalue weighted by Gasteiger charge is -2.25. The summed E-state index contributed by atoms with van der Waals surface area (Å²) in [5.74, 6) is -0.726. The van der Waals surface area contributed by atoms with Crippen LogP contribution in [-0.4, -0.2) is 35.1 Å². The highest BCUT2D eigenvalue weighted by molar-refractivity contribution is 5.66. The monoisotopic (exact) mass is 222 g/mol. The standard InChI is InChI=1S/C12H18N2O2/c13-7-6-12(4-5-12)9-14(10-1-2-10)8-3-11(15)16/h10H,1-6,8-9H2,(H,15,16). The summed E-state index contributed by atoms with van der Waals surface area (Å²) in [5, 5.41) is 17.5. The van der Waals surface area contributed by atoms with Crippen molar-refractivity contribution in [2.45, 2.75) is 44.6 Å². The third-order valence-corrected chi connectivity index (χ3v) is 3.63. The molecule has 4 heteroatoms. The van der Waals surface area contributed by atoms with Crippen LogP contribution >= 0.6 is 0 Å². The van der Waals surface area contributed by atoms with E-state index in [4.69, 9.17) is 10.4 Å². The second-order valence-electron chi connectivity index (χ2n) is 5.18. The van der Waals surface area contributed by atoms with Gasteiger partial charge in [-0.1, -0.05) is 0 Å². The molecule has 0 radical (unpaired) electrons. The van der Waals surface area contributed by atoms with E-state index in [1.54, 1.807) is 0 Å². The first-order valence-corrected chi connectivity index (χ1v) is 5.98. The smallest absolute Gasteiger partial charge is 0.304 e. The molecule has 0 aromatic carbocycles. The number of nitriles is 1. The highest BCUT2D eigenvalue weighted by Gasteiger charge is 2.45. The number of rotatable bonds is 7. The number of carbonyl (C=O) groups is 1. The summed E-state index contributed by atoms with van der Waals surface area (Å²) in [6, 6.07) is 2.85.